The van der Waals surface area contributed by atoms with Gasteiger partial charge < -0.3 is 10.2 Å². The highest BCUT2D eigenvalue weighted by Gasteiger charge is 2.25. The van der Waals surface area contributed by atoms with Gasteiger partial charge in [-0.05, 0) is 6.07 Å². The largest absolute Gasteiger partial charge is 0.369 e. The van der Waals surface area contributed by atoms with Crippen LogP contribution < -0.4 is 10.2 Å². The number of nitro groups is 2. The molecule has 0 unspecified atom stereocenters. The maximum Gasteiger partial charge on any atom is 0.348 e. The summed E-state index contributed by atoms with van der Waals surface area (Å²) in [6.07, 6.45) is 0. The Morgan fingerprint density at radius 1 is 1.06 bits per heavy atom. The van der Waals surface area contributed by atoms with E-state index in [1.165, 1.54) is 12.1 Å². The fourth-order valence-corrected chi connectivity index (χ4v) is 1.93. The molecule has 1 aromatic carbocycles. The Morgan fingerprint density at radius 3 is 2.22 bits per heavy atom. The smallest absolute Gasteiger partial charge is 0.348 e. The maximum absolute atomic E-state index is 10.8. The number of rotatable bonds is 3. The van der Waals surface area contributed by atoms with Gasteiger partial charge in [0.05, 0.1) is 9.85 Å². The van der Waals surface area contributed by atoms with Gasteiger partial charge in [-0.2, -0.15) is 0 Å². The average molecular weight is 252 g/mol. The molecule has 0 radical (unpaired) electrons. The molecule has 0 aliphatic carbocycles. The minimum Gasteiger partial charge on any atom is -0.369 e. The summed E-state index contributed by atoms with van der Waals surface area (Å²) in [6, 6.07) is 4.01. The van der Waals surface area contributed by atoms with Gasteiger partial charge in [0.2, 0.25) is 0 Å². The highest BCUT2D eigenvalue weighted by atomic mass is 16.6. The van der Waals surface area contributed by atoms with Gasteiger partial charge in [0.15, 0.2) is 0 Å². The Labute approximate surface area is 103 Å². The van der Waals surface area contributed by atoms with E-state index in [0.717, 1.165) is 26.2 Å². The molecule has 0 amide bonds. The number of piperazine rings is 1. The van der Waals surface area contributed by atoms with Crippen molar-refractivity contribution in [2.75, 3.05) is 31.1 Å². The molecule has 18 heavy (non-hydrogen) atoms. The van der Waals surface area contributed by atoms with Crippen molar-refractivity contribution in [2.24, 2.45) is 0 Å². The maximum atomic E-state index is 10.8. The topological polar surface area (TPSA) is 102 Å². The van der Waals surface area contributed by atoms with Gasteiger partial charge in [-0.25, -0.2) is 0 Å². The number of nitro benzene ring substituents is 2. The van der Waals surface area contributed by atoms with Gasteiger partial charge in [-0.1, -0.05) is 0 Å². The van der Waals surface area contributed by atoms with Gasteiger partial charge in [0.25, 0.3) is 0 Å². The fourth-order valence-electron chi connectivity index (χ4n) is 1.93. The monoisotopic (exact) mass is 252 g/mol. The van der Waals surface area contributed by atoms with E-state index in [1.54, 1.807) is 6.07 Å². The number of nitrogens with one attached hydrogen (secondary N) is 1. The van der Waals surface area contributed by atoms with Crippen LogP contribution in [0.1, 0.15) is 0 Å². The molecular formula is C10H12N4O4. The molecule has 1 aliphatic heterocycles. The average Bonchev–Trinajstić information content (AvgIpc) is 2.39. The Hall–Kier alpha value is -2.22. The van der Waals surface area contributed by atoms with Crippen LogP contribution in [0.3, 0.4) is 0 Å². The Kier molecular flexibility index (Phi) is 3.38. The summed E-state index contributed by atoms with van der Waals surface area (Å²) in [7, 11) is 0. The van der Waals surface area contributed by atoms with Crippen molar-refractivity contribution in [2.45, 2.75) is 0 Å². The van der Waals surface area contributed by atoms with Crippen molar-refractivity contribution >= 4 is 17.1 Å². The van der Waals surface area contributed by atoms with Crippen LogP contribution in [0.5, 0.6) is 0 Å². The van der Waals surface area contributed by atoms with Crippen molar-refractivity contribution in [3.05, 3.63) is 38.4 Å². The summed E-state index contributed by atoms with van der Waals surface area (Å²) in [5.41, 5.74) is -0.288. The van der Waals surface area contributed by atoms with E-state index in [9.17, 15) is 20.2 Å². The van der Waals surface area contributed by atoms with E-state index in [0.29, 0.717) is 5.69 Å². The Balaban J connectivity index is 2.36. The van der Waals surface area contributed by atoms with Crippen molar-refractivity contribution < 1.29 is 9.85 Å². The first kappa shape index (κ1) is 12.2. The molecule has 0 aromatic heterocycles. The zero-order valence-electron chi connectivity index (χ0n) is 9.54. The molecule has 2 rings (SSSR count). The highest BCUT2D eigenvalue weighted by Crippen LogP contribution is 2.31. The second kappa shape index (κ2) is 4.96. The number of benzene rings is 1. The lowest BCUT2D eigenvalue weighted by Crippen LogP contribution is -2.43. The molecular weight excluding hydrogens is 240 g/mol. The van der Waals surface area contributed by atoms with Crippen LogP contribution in [0, 0.1) is 20.2 Å². The van der Waals surface area contributed by atoms with E-state index in [-0.39, 0.29) is 0 Å². The van der Waals surface area contributed by atoms with Crippen LogP contribution in [0.4, 0.5) is 17.1 Å². The molecule has 1 fully saturated rings. The van der Waals surface area contributed by atoms with Crippen molar-refractivity contribution in [1.82, 2.24) is 5.32 Å². The minimum absolute atomic E-state index is 0.462. The van der Waals surface area contributed by atoms with E-state index in [4.69, 9.17) is 0 Å². The molecule has 0 atom stereocenters. The lowest BCUT2D eigenvalue weighted by molar-refractivity contribution is -0.422. The number of anilines is 1. The van der Waals surface area contributed by atoms with Crippen LogP contribution in [0.2, 0.25) is 0 Å². The zero-order chi connectivity index (χ0) is 13.1. The third-order valence-electron chi connectivity index (χ3n) is 2.83. The SMILES string of the molecule is O=[N+]([O-])c1ccc(N2CCNCC2)cc1[N+](=O)[O-]. The number of hydrogen-bond donors (Lipinski definition) is 1. The first-order valence-corrected chi connectivity index (χ1v) is 5.48. The molecule has 8 nitrogen and oxygen atoms in total. The molecule has 8 heteroatoms. The van der Waals surface area contributed by atoms with E-state index < -0.39 is 21.2 Å². The lowest BCUT2D eigenvalue weighted by Gasteiger charge is -2.29. The summed E-state index contributed by atoms with van der Waals surface area (Å²) in [5, 5.41) is 24.7. The first-order chi connectivity index (χ1) is 8.59. The quantitative estimate of drug-likeness (QED) is 0.633. The predicted molar refractivity (Wildman–Crippen MR) is 64.8 cm³/mol. The molecule has 1 heterocycles. The van der Waals surface area contributed by atoms with E-state index in [1.807, 2.05) is 4.90 Å². The van der Waals surface area contributed by atoms with Gasteiger partial charge >= 0.3 is 11.4 Å². The predicted octanol–water partition coefficient (Wildman–Crippen LogP) is 0.913. The van der Waals surface area contributed by atoms with Crippen molar-refractivity contribution in [3.8, 4) is 0 Å². The molecule has 96 valence electrons. The van der Waals surface area contributed by atoms with E-state index in [2.05, 4.69) is 5.32 Å². The molecule has 0 bridgehead atoms. The summed E-state index contributed by atoms with van der Waals surface area (Å²) < 4.78 is 0. The van der Waals surface area contributed by atoms with E-state index >= 15 is 0 Å². The third kappa shape index (κ3) is 2.38. The van der Waals surface area contributed by atoms with Gasteiger partial charge in [-0.15, -0.1) is 0 Å². The third-order valence-corrected chi connectivity index (χ3v) is 2.83. The normalized spacial score (nSPS) is 15.4. The van der Waals surface area contributed by atoms with Crippen LogP contribution in [-0.2, 0) is 0 Å². The number of hydrogen-bond acceptors (Lipinski definition) is 6. The van der Waals surface area contributed by atoms with Gasteiger partial charge in [0, 0.05) is 44.0 Å². The molecule has 0 spiro atoms. The van der Waals surface area contributed by atoms with Crippen molar-refractivity contribution in [3.63, 3.8) is 0 Å². The van der Waals surface area contributed by atoms with Crippen LogP contribution in [-0.4, -0.2) is 36.0 Å². The van der Waals surface area contributed by atoms with Crippen LogP contribution >= 0.6 is 0 Å². The lowest BCUT2D eigenvalue weighted by atomic mass is 10.2. The van der Waals surface area contributed by atoms with Crippen LogP contribution in [0.15, 0.2) is 18.2 Å². The van der Waals surface area contributed by atoms with Gasteiger partial charge in [0.1, 0.15) is 0 Å². The summed E-state index contributed by atoms with van der Waals surface area (Å²) in [6.45, 7) is 3.06. The molecule has 1 saturated heterocycles. The standard InChI is InChI=1S/C10H12N4O4/c15-13(16)9-2-1-8(7-10(9)14(17)18)12-5-3-11-4-6-12/h1-2,7,11H,3-6H2. The molecule has 1 aliphatic rings. The summed E-state index contributed by atoms with van der Waals surface area (Å²) >= 11 is 0. The summed E-state index contributed by atoms with van der Waals surface area (Å²) in [4.78, 5) is 22.0. The Bertz CT molecular complexity index is 485. The second-order valence-electron chi connectivity index (χ2n) is 3.92. The first-order valence-electron chi connectivity index (χ1n) is 5.48. The molecule has 1 aromatic rings. The van der Waals surface area contributed by atoms with Crippen molar-refractivity contribution in [1.29, 1.82) is 0 Å². The zero-order valence-corrected chi connectivity index (χ0v) is 9.54. The highest BCUT2D eigenvalue weighted by molar-refractivity contribution is 5.63. The Morgan fingerprint density at radius 2 is 1.67 bits per heavy atom. The van der Waals surface area contributed by atoms with Crippen LogP contribution in [0.25, 0.3) is 0 Å². The molecule has 1 N–H and O–H groups in total. The minimum atomic E-state index is -0.736. The summed E-state index contributed by atoms with van der Waals surface area (Å²) in [5.74, 6) is 0. The molecule has 0 saturated carbocycles. The second-order valence-corrected chi connectivity index (χ2v) is 3.92. The fraction of sp³-hybridized carbons (Fsp3) is 0.400. The van der Waals surface area contributed by atoms with Gasteiger partial charge in [-0.3, -0.25) is 20.2 Å². The number of nitrogens with zero attached hydrogens (tertiary/aromatic N) is 3.